The molecule has 138 valence electrons. The smallest absolute Gasteiger partial charge is 0.265 e. The van der Waals surface area contributed by atoms with Crippen molar-refractivity contribution in [2.75, 3.05) is 24.6 Å². The number of carbonyl (C=O) groups excluding carboxylic acids is 2. The number of benzene rings is 2. The molecule has 0 radical (unpaired) electrons. The summed E-state index contributed by atoms with van der Waals surface area (Å²) in [5.74, 6) is 0.0321. The summed E-state index contributed by atoms with van der Waals surface area (Å²) in [6.07, 6.45) is 0.643. The third-order valence-corrected chi connectivity index (χ3v) is 5.50. The molecule has 1 aromatic heterocycles. The number of thiazole rings is 1. The standard InChI is InChI=1S/C19H16ClN3O3S/c20-12-5-6-15-14(9-12)23(19(25)11-26-15)10-17(24)21-8-7-18-22-13-3-1-2-4-16(13)27-18/h1-6,9H,7-8,10-11H2,(H,21,24). The van der Waals surface area contributed by atoms with Crippen molar-refractivity contribution < 1.29 is 14.3 Å². The van der Waals surface area contributed by atoms with E-state index < -0.39 is 0 Å². The van der Waals surface area contributed by atoms with Gasteiger partial charge in [0.05, 0.1) is 20.9 Å². The second kappa shape index (κ2) is 7.54. The molecule has 1 aliphatic rings. The molecule has 2 heterocycles. The van der Waals surface area contributed by atoms with Crippen LogP contribution in [0, 0.1) is 0 Å². The monoisotopic (exact) mass is 401 g/mol. The minimum Gasteiger partial charge on any atom is -0.482 e. The number of halogens is 1. The molecule has 4 rings (SSSR count). The summed E-state index contributed by atoms with van der Waals surface area (Å²) in [7, 11) is 0. The third-order valence-electron chi connectivity index (χ3n) is 4.16. The Bertz CT molecular complexity index is 987. The molecular weight excluding hydrogens is 386 g/mol. The molecule has 2 aromatic carbocycles. The Morgan fingerprint density at radius 3 is 3.00 bits per heavy atom. The van der Waals surface area contributed by atoms with Gasteiger partial charge in [-0.1, -0.05) is 23.7 Å². The number of nitrogens with zero attached hydrogens (tertiary/aromatic N) is 2. The predicted molar refractivity (Wildman–Crippen MR) is 106 cm³/mol. The lowest BCUT2D eigenvalue weighted by Crippen LogP contribution is -2.45. The normalized spacial score (nSPS) is 13.4. The number of para-hydroxylation sites is 1. The maximum Gasteiger partial charge on any atom is 0.265 e. The minimum absolute atomic E-state index is 0.0740. The van der Waals surface area contributed by atoms with E-state index in [0.717, 1.165) is 15.2 Å². The first-order chi connectivity index (χ1) is 13.1. The summed E-state index contributed by atoms with van der Waals surface area (Å²) in [5.41, 5.74) is 1.48. The van der Waals surface area contributed by atoms with Gasteiger partial charge in [0, 0.05) is 18.0 Å². The maximum atomic E-state index is 12.3. The van der Waals surface area contributed by atoms with Crippen LogP contribution in [0.4, 0.5) is 5.69 Å². The second-order valence-electron chi connectivity index (χ2n) is 6.06. The van der Waals surface area contributed by atoms with Crippen LogP contribution in [0.25, 0.3) is 10.2 Å². The van der Waals surface area contributed by atoms with E-state index >= 15 is 0 Å². The lowest BCUT2D eigenvalue weighted by Gasteiger charge is -2.29. The number of anilines is 1. The molecular formula is C19H16ClN3O3S. The number of carbonyl (C=O) groups is 2. The Balaban J connectivity index is 1.36. The van der Waals surface area contributed by atoms with Crippen molar-refractivity contribution in [3.63, 3.8) is 0 Å². The van der Waals surface area contributed by atoms with Crippen molar-refractivity contribution >= 4 is 50.7 Å². The average molecular weight is 402 g/mol. The lowest BCUT2D eigenvalue weighted by atomic mass is 10.2. The second-order valence-corrected chi connectivity index (χ2v) is 7.61. The van der Waals surface area contributed by atoms with Gasteiger partial charge in [-0.25, -0.2) is 4.98 Å². The van der Waals surface area contributed by atoms with Crippen LogP contribution < -0.4 is 15.0 Å². The summed E-state index contributed by atoms with van der Waals surface area (Å²) >= 11 is 7.63. The molecule has 0 aliphatic carbocycles. The number of rotatable bonds is 5. The highest BCUT2D eigenvalue weighted by atomic mass is 35.5. The Labute approximate surface area is 164 Å². The number of fused-ring (bicyclic) bond motifs is 2. The molecule has 1 aliphatic heterocycles. The number of hydrogen-bond acceptors (Lipinski definition) is 5. The first-order valence-electron chi connectivity index (χ1n) is 8.44. The van der Waals surface area contributed by atoms with Gasteiger partial charge in [0.2, 0.25) is 5.91 Å². The molecule has 2 amide bonds. The topological polar surface area (TPSA) is 71.5 Å². The van der Waals surface area contributed by atoms with Crippen LogP contribution in [0.5, 0.6) is 5.75 Å². The highest BCUT2D eigenvalue weighted by molar-refractivity contribution is 7.18. The Morgan fingerprint density at radius 2 is 2.15 bits per heavy atom. The molecule has 0 unspecified atom stereocenters. The van der Waals surface area contributed by atoms with Crippen molar-refractivity contribution in [3.8, 4) is 5.75 Å². The van der Waals surface area contributed by atoms with E-state index in [1.165, 1.54) is 4.90 Å². The van der Waals surface area contributed by atoms with E-state index in [1.807, 2.05) is 24.3 Å². The molecule has 0 bridgehead atoms. The zero-order valence-corrected chi connectivity index (χ0v) is 15.8. The highest BCUT2D eigenvalue weighted by Gasteiger charge is 2.27. The van der Waals surface area contributed by atoms with Crippen molar-refractivity contribution in [1.29, 1.82) is 0 Å². The molecule has 6 nitrogen and oxygen atoms in total. The van der Waals surface area contributed by atoms with Crippen molar-refractivity contribution in [3.05, 3.63) is 52.5 Å². The van der Waals surface area contributed by atoms with Crippen molar-refractivity contribution in [2.45, 2.75) is 6.42 Å². The number of aromatic nitrogens is 1. The van der Waals surface area contributed by atoms with Crippen LogP contribution in [0.2, 0.25) is 5.02 Å². The van der Waals surface area contributed by atoms with E-state index in [-0.39, 0.29) is 25.0 Å². The molecule has 0 atom stereocenters. The number of nitrogens with one attached hydrogen (secondary N) is 1. The fourth-order valence-corrected chi connectivity index (χ4v) is 4.02. The summed E-state index contributed by atoms with van der Waals surface area (Å²) in [5, 5.41) is 4.30. The van der Waals surface area contributed by atoms with Gasteiger partial charge in [0.15, 0.2) is 6.61 Å². The molecule has 0 saturated carbocycles. The van der Waals surface area contributed by atoms with Crippen LogP contribution >= 0.6 is 22.9 Å². The van der Waals surface area contributed by atoms with Crippen LogP contribution in [-0.4, -0.2) is 36.5 Å². The lowest BCUT2D eigenvalue weighted by molar-refractivity contribution is -0.125. The van der Waals surface area contributed by atoms with Gasteiger partial charge in [0.25, 0.3) is 5.91 Å². The average Bonchev–Trinajstić information content (AvgIpc) is 3.07. The summed E-state index contributed by atoms with van der Waals surface area (Å²) < 4.78 is 6.51. The predicted octanol–water partition coefficient (Wildman–Crippen LogP) is 3.03. The van der Waals surface area contributed by atoms with Crippen molar-refractivity contribution in [1.82, 2.24) is 10.3 Å². The van der Waals surface area contributed by atoms with Crippen molar-refractivity contribution in [2.24, 2.45) is 0 Å². The van der Waals surface area contributed by atoms with E-state index in [1.54, 1.807) is 29.5 Å². The number of ether oxygens (including phenoxy) is 1. The van der Waals surface area contributed by atoms with E-state index in [4.69, 9.17) is 16.3 Å². The first kappa shape index (κ1) is 17.8. The fourth-order valence-electron chi connectivity index (χ4n) is 2.88. The van der Waals surface area contributed by atoms with Crippen LogP contribution in [0.3, 0.4) is 0 Å². The molecule has 8 heteroatoms. The van der Waals surface area contributed by atoms with Gasteiger partial charge in [-0.2, -0.15) is 0 Å². The molecule has 0 saturated heterocycles. The van der Waals surface area contributed by atoms with E-state index in [0.29, 0.717) is 29.4 Å². The SMILES string of the molecule is O=C(CN1C(=O)COc2ccc(Cl)cc21)NCCc1nc2ccccc2s1. The van der Waals surface area contributed by atoms with Crippen LogP contribution in [0.15, 0.2) is 42.5 Å². The summed E-state index contributed by atoms with van der Waals surface area (Å²) in [6, 6.07) is 13.0. The third kappa shape index (κ3) is 3.89. The zero-order chi connectivity index (χ0) is 18.8. The molecule has 0 spiro atoms. The Kier molecular flexibility index (Phi) is 4.96. The number of hydrogen-bond donors (Lipinski definition) is 1. The van der Waals surface area contributed by atoms with Gasteiger partial charge in [-0.15, -0.1) is 11.3 Å². The van der Waals surface area contributed by atoms with Gasteiger partial charge < -0.3 is 10.1 Å². The van der Waals surface area contributed by atoms with Gasteiger partial charge in [-0.3, -0.25) is 14.5 Å². The molecule has 3 aromatic rings. The minimum atomic E-state index is -0.272. The zero-order valence-electron chi connectivity index (χ0n) is 14.3. The highest BCUT2D eigenvalue weighted by Crippen LogP contribution is 2.34. The molecule has 1 N–H and O–H groups in total. The van der Waals surface area contributed by atoms with Gasteiger partial charge >= 0.3 is 0 Å². The Hall–Kier alpha value is -2.64. The fraction of sp³-hybridized carbons (Fsp3) is 0.211. The number of amides is 2. The van der Waals surface area contributed by atoms with Gasteiger partial charge in [-0.05, 0) is 30.3 Å². The first-order valence-corrected chi connectivity index (χ1v) is 9.63. The maximum absolute atomic E-state index is 12.3. The molecule has 27 heavy (non-hydrogen) atoms. The van der Waals surface area contributed by atoms with Crippen LogP contribution in [-0.2, 0) is 16.0 Å². The quantitative estimate of drug-likeness (QED) is 0.713. The van der Waals surface area contributed by atoms with E-state index in [2.05, 4.69) is 10.3 Å². The largest absolute Gasteiger partial charge is 0.482 e. The van der Waals surface area contributed by atoms with E-state index in [9.17, 15) is 9.59 Å². The summed E-state index contributed by atoms with van der Waals surface area (Å²) in [6.45, 7) is 0.294. The Morgan fingerprint density at radius 1 is 1.30 bits per heavy atom. The van der Waals surface area contributed by atoms with Crippen LogP contribution in [0.1, 0.15) is 5.01 Å². The van der Waals surface area contributed by atoms with Gasteiger partial charge in [0.1, 0.15) is 12.3 Å². The molecule has 0 fully saturated rings. The summed E-state index contributed by atoms with van der Waals surface area (Å²) in [4.78, 5) is 30.4.